The number of unbranched alkanes of at least 4 members (excludes halogenated alkanes) is 1. The number of likely N-dealkylation sites (tertiary alicyclic amines) is 1. The lowest BCUT2D eigenvalue weighted by Crippen LogP contribution is -2.40. The summed E-state index contributed by atoms with van der Waals surface area (Å²) in [6, 6.07) is 23.2. The van der Waals surface area contributed by atoms with Crippen LogP contribution in [0.2, 0.25) is 0 Å². The van der Waals surface area contributed by atoms with Crippen LogP contribution in [0.5, 0.6) is 0 Å². The fraction of sp³-hybridized carbons (Fsp3) is 0.474. The zero-order valence-corrected chi connectivity index (χ0v) is 27.4. The van der Waals surface area contributed by atoms with Gasteiger partial charge in [0.05, 0.1) is 30.2 Å². The van der Waals surface area contributed by atoms with Crippen LogP contribution in [0.1, 0.15) is 98.9 Å². The monoisotopic (exact) mass is 642 g/mol. The van der Waals surface area contributed by atoms with E-state index in [2.05, 4.69) is 15.5 Å². The quantitative estimate of drug-likeness (QED) is 0.126. The van der Waals surface area contributed by atoms with Crippen LogP contribution in [-0.2, 0) is 32.2 Å². The number of nitrogens with one attached hydrogen (secondary N) is 2. The molecule has 2 heterocycles. The Morgan fingerprint density at radius 2 is 1.43 bits per heavy atom. The number of anilines is 2. The molecule has 2 aliphatic rings. The van der Waals surface area contributed by atoms with Crippen LogP contribution >= 0.6 is 0 Å². The highest BCUT2D eigenvalue weighted by atomic mass is 16.7. The minimum absolute atomic E-state index is 0.0199. The van der Waals surface area contributed by atoms with Crippen molar-refractivity contribution in [1.29, 1.82) is 0 Å². The predicted octanol–water partition coefficient (Wildman–Crippen LogP) is 6.39. The number of rotatable bonds is 13. The average Bonchev–Trinajstić information content (AvgIpc) is 3.08. The van der Waals surface area contributed by atoms with Gasteiger partial charge in [0, 0.05) is 37.9 Å². The van der Waals surface area contributed by atoms with Gasteiger partial charge in [0.1, 0.15) is 0 Å². The first-order chi connectivity index (χ1) is 23.0. The van der Waals surface area contributed by atoms with Gasteiger partial charge in [0.25, 0.3) is 0 Å². The highest BCUT2D eigenvalue weighted by Gasteiger charge is 2.33. The van der Waals surface area contributed by atoms with Gasteiger partial charge in [0.15, 0.2) is 6.29 Å². The molecular formula is C38H50N4O5. The van der Waals surface area contributed by atoms with Crippen molar-refractivity contribution in [2.45, 2.75) is 95.9 Å². The molecule has 5 N–H and O–H groups in total. The van der Waals surface area contributed by atoms with E-state index in [4.69, 9.17) is 15.2 Å². The van der Waals surface area contributed by atoms with Gasteiger partial charge in [0.2, 0.25) is 11.8 Å². The van der Waals surface area contributed by atoms with Crippen molar-refractivity contribution in [3.8, 4) is 0 Å². The Balaban J connectivity index is 1.11. The molecule has 0 unspecified atom stereocenters. The Labute approximate surface area is 278 Å². The number of amides is 2. The summed E-state index contributed by atoms with van der Waals surface area (Å²) in [7, 11) is 0. The Hall–Kier alpha value is -3.76. The number of nitrogens with zero attached hydrogens (tertiary/aromatic N) is 1. The molecule has 9 nitrogen and oxygen atoms in total. The Morgan fingerprint density at radius 3 is 2.13 bits per heavy atom. The number of benzene rings is 3. The van der Waals surface area contributed by atoms with E-state index in [1.54, 1.807) is 12.1 Å². The lowest BCUT2D eigenvalue weighted by Gasteiger charge is -2.38. The summed E-state index contributed by atoms with van der Waals surface area (Å²) < 4.78 is 13.1. The second-order valence-corrected chi connectivity index (χ2v) is 12.8. The molecule has 47 heavy (non-hydrogen) atoms. The van der Waals surface area contributed by atoms with Crippen LogP contribution in [-0.4, -0.2) is 47.6 Å². The maximum atomic E-state index is 12.5. The molecule has 3 aromatic carbocycles. The summed E-state index contributed by atoms with van der Waals surface area (Å²) in [6.07, 6.45) is 8.55. The molecule has 252 valence electrons. The number of para-hydroxylation sites is 2. The maximum Gasteiger partial charge on any atom is 0.224 e. The van der Waals surface area contributed by atoms with Crippen LogP contribution in [0.15, 0.2) is 72.8 Å². The van der Waals surface area contributed by atoms with Gasteiger partial charge >= 0.3 is 0 Å². The molecule has 5 rings (SSSR count). The number of carbonyl (C=O) groups is 2. The highest BCUT2D eigenvalue weighted by Crippen LogP contribution is 2.38. The number of nitrogens with two attached hydrogens (primary N) is 1. The second kappa shape index (κ2) is 18.0. The third-order valence-electron chi connectivity index (χ3n) is 9.06. The van der Waals surface area contributed by atoms with E-state index in [1.165, 1.54) is 32.1 Å². The molecule has 9 heteroatoms. The molecule has 0 aromatic heterocycles. The first kappa shape index (κ1) is 34.6. The van der Waals surface area contributed by atoms with Crippen molar-refractivity contribution in [1.82, 2.24) is 10.2 Å². The number of aliphatic hydroxyl groups is 1. The third-order valence-corrected chi connectivity index (χ3v) is 9.06. The van der Waals surface area contributed by atoms with Crippen molar-refractivity contribution >= 4 is 23.2 Å². The van der Waals surface area contributed by atoms with Crippen molar-refractivity contribution in [2.75, 3.05) is 30.7 Å². The fourth-order valence-electron chi connectivity index (χ4n) is 6.29. The van der Waals surface area contributed by atoms with E-state index >= 15 is 0 Å². The first-order valence-electron chi connectivity index (χ1n) is 17.2. The summed E-state index contributed by atoms with van der Waals surface area (Å²) >= 11 is 0. The van der Waals surface area contributed by atoms with Gasteiger partial charge in [-0.25, -0.2) is 0 Å². The average molecular weight is 643 g/mol. The van der Waals surface area contributed by atoms with Crippen LogP contribution in [0.4, 0.5) is 11.4 Å². The maximum absolute atomic E-state index is 12.5. The van der Waals surface area contributed by atoms with E-state index in [0.29, 0.717) is 43.6 Å². The fourth-order valence-corrected chi connectivity index (χ4v) is 6.29. The van der Waals surface area contributed by atoms with E-state index < -0.39 is 6.29 Å². The van der Waals surface area contributed by atoms with Crippen LogP contribution < -0.4 is 16.4 Å². The number of carbonyl (C=O) groups excluding carboxylic acids is 2. The Kier molecular flexibility index (Phi) is 13.2. The number of aliphatic hydroxyl groups excluding tert-OH is 1. The highest BCUT2D eigenvalue weighted by molar-refractivity contribution is 5.93. The van der Waals surface area contributed by atoms with Crippen LogP contribution in [0.3, 0.4) is 0 Å². The van der Waals surface area contributed by atoms with Crippen LogP contribution in [0.25, 0.3) is 0 Å². The minimum atomic E-state index is -0.495. The Bertz CT molecular complexity index is 1410. The summed E-state index contributed by atoms with van der Waals surface area (Å²) in [5, 5.41) is 15.3. The molecule has 2 aliphatic heterocycles. The van der Waals surface area contributed by atoms with E-state index in [9.17, 15) is 14.7 Å². The lowest BCUT2D eigenvalue weighted by atomic mass is 9.99. The molecule has 2 amide bonds. The summed E-state index contributed by atoms with van der Waals surface area (Å²) in [6.45, 7) is 3.56. The summed E-state index contributed by atoms with van der Waals surface area (Å²) in [5.74, 6) is -0.147. The number of hydrogen-bond acceptors (Lipinski definition) is 7. The smallest absolute Gasteiger partial charge is 0.224 e. The molecule has 3 atom stereocenters. The number of hydrogen-bond donors (Lipinski definition) is 4. The zero-order valence-electron chi connectivity index (χ0n) is 27.4. The van der Waals surface area contributed by atoms with Crippen LogP contribution in [0, 0.1) is 0 Å². The van der Waals surface area contributed by atoms with Crippen molar-refractivity contribution < 1.29 is 24.2 Å². The Morgan fingerprint density at radius 1 is 0.787 bits per heavy atom. The van der Waals surface area contributed by atoms with E-state index in [0.717, 1.165) is 48.3 Å². The molecule has 2 fully saturated rings. The number of ether oxygens (including phenoxy) is 2. The molecular weight excluding hydrogens is 592 g/mol. The SMILES string of the molecule is Nc1ccccc1NC(=O)CCCCC(=O)NCc1ccc([C@@H]2O[C@H](CN3CCCCCCC3)C[C@H](c3ccc(CO)cc3)O2)cc1. The first-order valence-corrected chi connectivity index (χ1v) is 17.2. The number of nitrogen functional groups attached to an aromatic ring is 1. The predicted molar refractivity (Wildman–Crippen MR) is 184 cm³/mol. The zero-order chi connectivity index (χ0) is 32.8. The minimum Gasteiger partial charge on any atom is -0.397 e. The molecule has 0 aliphatic carbocycles. The summed E-state index contributed by atoms with van der Waals surface area (Å²) in [5.41, 5.74) is 10.9. The largest absolute Gasteiger partial charge is 0.397 e. The van der Waals surface area contributed by atoms with E-state index in [1.807, 2.05) is 60.7 Å². The molecule has 0 spiro atoms. The third kappa shape index (κ3) is 10.9. The van der Waals surface area contributed by atoms with Gasteiger partial charge in [-0.15, -0.1) is 0 Å². The van der Waals surface area contributed by atoms with Crippen molar-refractivity contribution in [3.63, 3.8) is 0 Å². The molecule has 0 radical (unpaired) electrons. The molecule has 3 aromatic rings. The van der Waals surface area contributed by atoms with Gasteiger partial charge in [-0.2, -0.15) is 0 Å². The normalized spacial score (nSPS) is 20.6. The van der Waals surface area contributed by atoms with Gasteiger partial charge in [-0.1, -0.05) is 79.9 Å². The van der Waals surface area contributed by atoms with Gasteiger partial charge < -0.3 is 35.8 Å². The lowest BCUT2D eigenvalue weighted by molar-refractivity contribution is -0.253. The van der Waals surface area contributed by atoms with E-state index in [-0.39, 0.29) is 30.6 Å². The molecule has 0 saturated carbocycles. The van der Waals surface area contributed by atoms with Gasteiger partial charge in [-0.3, -0.25) is 9.59 Å². The van der Waals surface area contributed by atoms with Crippen molar-refractivity contribution in [2.24, 2.45) is 0 Å². The molecule has 2 saturated heterocycles. The van der Waals surface area contributed by atoms with Crippen molar-refractivity contribution in [3.05, 3.63) is 95.1 Å². The topological polar surface area (TPSA) is 126 Å². The summed E-state index contributed by atoms with van der Waals surface area (Å²) in [4.78, 5) is 27.2. The van der Waals surface area contributed by atoms with Gasteiger partial charge in [-0.05, 0) is 67.6 Å². The standard InChI is InChI=1S/C38H50N4O5/c39-33-10-4-5-11-34(33)41-37(45)13-7-6-12-36(44)40-25-28-14-20-31(21-15-28)38-46-32(26-42-22-8-2-1-3-9-23-42)24-35(47-38)30-18-16-29(27-43)17-19-30/h4-5,10-11,14-21,32,35,38,43H,1-3,6-9,12-13,22-27,39H2,(H,40,44)(H,41,45)/t32-,35+,38+/m0/s1. The molecule has 0 bridgehead atoms. The second-order valence-electron chi connectivity index (χ2n) is 12.8.